The molecule has 1 saturated heterocycles. The average Bonchev–Trinajstić information content (AvgIpc) is 3.20. The molecule has 1 aliphatic heterocycles. The third-order valence-corrected chi connectivity index (χ3v) is 4.76. The van der Waals surface area contributed by atoms with Crippen LogP contribution in [0.5, 0.6) is 11.5 Å². The number of ether oxygens (including phenoxy) is 2. The van der Waals surface area contributed by atoms with Gasteiger partial charge in [-0.3, -0.25) is 4.79 Å². The monoisotopic (exact) mass is 378 g/mol. The maximum Gasteiger partial charge on any atom is 0.289 e. The molecule has 1 fully saturated rings. The van der Waals surface area contributed by atoms with Crippen LogP contribution in [-0.2, 0) is 6.54 Å². The van der Waals surface area contributed by atoms with Crippen molar-refractivity contribution in [3.8, 4) is 11.5 Å². The summed E-state index contributed by atoms with van der Waals surface area (Å²) in [5, 5.41) is 4.10. The Morgan fingerprint density at radius 2 is 2.23 bits per heavy atom. The molecule has 1 aliphatic rings. The van der Waals surface area contributed by atoms with Gasteiger partial charge in [0.1, 0.15) is 0 Å². The molecule has 6 nitrogen and oxygen atoms in total. The number of halogens is 1. The number of benzene rings is 1. The fourth-order valence-electron chi connectivity index (χ4n) is 3.28. The van der Waals surface area contributed by atoms with E-state index in [1.807, 2.05) is 11.0 Å². The summed E-state index contributed by atoms with van der Waals surface area (Å²) >= 11 is 6.17. The van der Waals surface area contributed by atoms with Gasteiger partial charge in [0.05, 0.1) is 20.5 Å². The number of hydrogen-bond acceptors (Lipinski definition) is 5. The highest BCUT2D eigenvalue weighted by molar-refractivity contribution is 6.30. The Morgan fingerprint density at radius 3 is 2.92 bits per heavy atom. The largest absolute Gasteiger partial charge is 0.493 e. The lowest BCUT2D eigenvalue weighted by atomic mass is 10.0. The van der Waals surface area contributed by atoms with Crippen molar-refractivity contribution in [2.45, 2.75) is 25.4 Å². The number of nitrogens with zero attached hydrogens (tertiary/aromatic N) is 1. The van der Waals surface area contributed by atoms with Crippen molar-refractivity contribution in [2.75, 3.05) is 27.3 Å². The standard InChI is InChI=1S/C19H23ClN2O4/c1-24-17-10-14(20)9-13(18(17)25-2)11-21-15-5-3-7-22(12-15)19(23)16-6-4-8-26-16/h4,6,8-10,15,21H,3,5,7,11-12H2,1-2H3. The fraction of sp³-hybridized carbons (Fsp3) is 0.421. The summed E-state index contributed by atoms with van der Waals surface area (Å²) in [5.74, 6) is 1.59. The predicted molar refractivity (Wildman–Crippen MR) is 99.0 cm³/mol. The Kier molecular flexibility index (Phi) is 6.06. The van der Waals surface area contributed by atoms with Crippen LogP contribution < -0.4 is 14.8 Å². The quantitative estimate of drug-likeness (QED) is 0.835. The van der Waals surface area contributed by atoms with E-state index in [-0.39, 0.29) is 11.9 Å². The zero-order chi connectivity index (χ0) is 18.5. The van der Waals surface area contributed by atoms with Crippen molar-refractivity contribution in [1.29, 1.82) is 0 Å². The Bertz CT molecular complexity index is 748. The molecule has 1 unspecified atom stereocenters. The molecular weight excluding hydrogens is 356 g/mol. The second-order valence-corrected chi connectivity index (χ2v) is 6.69. The minimum Gasteiger partial charge on any atom is -0.493 e. The van der Waals surface area contributed by atoms with E-state index in [1.54, 1.807) is 32.4 Å². The molecule has 1 amide bonds. The number of rotatable bonds is 6. The van der Waals surface area contributed by atoms with Gasteiger partial charge in [0.15, 0.2) is 17.3 Å². The number of methoxy groups -OCH3 is 2. The van der Waals surface area contributed by atoms with E-state index in [9.17, 15) is 4.79 Å². The van der Waals surface area contributed by atoms with E-state index >= 15 is 0 Å². The molecule has 26 heavy (non-hydrogen) atoms. The first-order valence-electron chi connectivity index (χ1n) is 8.59. The number of carbonyl (C=O) groups is 1. The molecular formula is C19H23ClN2O4. The van der Waals surface area contributed by atoms with Crippen LogP contribution >= 0.6 is 11.6 Å². The number of hydrogen-bond donors (Lipinski definition) is 1. The van der Waals surface area contributed by atoms with Crippen LogP contribution in [0.15, 0.2) is 34.9 Å². The second kappa shape index (κ2) is 8.47. The SMILES string of the molecule is COc1cc(Cl)cc(CNC2CCCN(C(=O)c3ccco3)C2)c1OC. The number of amides is 1. The molecule has 0 aliphatic carbocycles. The van der Waals surface area contributed by atoms with Crippen LogP contribution in [-0.4, -0.2) is 44.2 Å². The minimum atomic E-state index is -0.0662. The molecule has 0 bridgehead atoms. The Balaban J connectivity index is 1.65. The number of carbonyl (C=O) groups excluding carboxylic acids is 1. The van der Waals surface area contributed by atoms with E-state index in [2.05, 4.69) is 5.32 Å². The van der Waals surface area contributed by atoms with Gasteiger partial charge in [-0.15, -0.1) is 0 Å². The third-order valence-electron chi connectivity index (χ3n) is 4.54. The van der Waals surface area contributed by atoms with Gasteiger partial charge < -0.3 is 24.1 Å². The summed E-state index contributed by atoms with van der Waals surface area (Å²) in [6, 6.07) is 7.21. The highest BCUT2D eigenvalue weighted by atomic mass is 35.5. The number of piperidine rings is 1. The smallest absolute Gasteiger partial charge is 0.289 e. The lowest BCUT2D eigenvalue weighted by Gasteiger charge is -2.33. The summed E-state index contributed by atoms with van der Waals surface area (Å²) in [6.45, 7) is 1.96. The summed E-state index contributed by atoms with van der Waals surface area (Å²) in [5.41, 5.74) is 0.923. The van der Waals surface area contributed by atoms with Crippen LogP contribution in [0.1, 0.15) is 29.0 Å². The van der Waals surface area contributed by atoms with Gasteiger partial charge in [0, 0.05) is 42.3 Å². The Morgan fingerprint density at radius 1 is 1.38 bits per heavy atom. The molecule has 1 aromatic heterocycles. The van der Waals surface area contributed by atoms with Crippen molar-refractivity contribution in [3.05, 3.63) is 46.9 Å². The Hall–Kier alpha value is -2.18. The van der Waals surface area contributed by atoms with Crippen molar-refractivity contribution in [2.24, 2.45) is 0 Å². The first-order chi connectivity index (χ1) is 12.6. The molecule has 140 valence electrons. The van der Waals surface area contributed by atoms with Crippen LogP contribution in [0.3, 0.4) is 0 Å². The molecule has 0 radical (unpaired) electrons. The van der Waals surface area contributed by atoms with E-state index < -0.39 is 0 Å². The third kappa shape index (κ3) is 4.14. The minimum absolute atomic E-state index is 0.0662. The number of nitrogens with one attached hydrogen (secondary N) is 1. The van der Waals surface area contributed by atoms with Crippen molar-refractivity contribution in [3.63, 3.8) is 0 Å². The van der Waals surface area contributed by atoms with E-state index in [0.717, 1.165) is 24.9 Å². The van der Waals surface area contributed by atoms with Crippen molar-refractivity contribution in [1.82, 2.24) is 10.2 Å². The normalized spacial score (nSPS) is 17.2. The number of likely N-dealkylation sites (tertiary alicyclic amines) is 1. The summed E-state index contributed by atoms with van der Waals surface area (Å²) in [7, 11) is 3.20. The fourth-order valence-corrected chi connectivity index (χ4v) is 3.51. The molecule has 3 rings (SSSR count). The molecule has 1 atom stereocenters. The highest BCUT2D eigenvalue weighted by Crippen LogP contribution is 2.34. The second-order valence-electron chi connectivity index (χ2n) is 6.25. The highest BCUT2D eigenvalue weighted by Gasteiger charge is 2.26. The van der Waals surface area contributed by atoms with Crippen LogP contribution in [0.4, 0.5) is 0 Å². The molecule has 2 heterocycles. The molecule has 0 spiro atoms. The van der Waals surface area contributed by atoms with Crippen LogP contribution in [0, 0.1) is 0 Å². The first-order valence-corrected chi connectivity index (χ1v) is 8.96. The zero-order valence-corrected chi connectivity index (χ0v) is 15.7. The topological polar surface area (TPSA) is 63.9 Å². The number of furan rings is 1. The molecule has 1 N–H and O–H groups in total. The summed E-state index contributed by atoms with van der Waals surface area (Å²) in [6.07, 6.45) is 3.47. The molecule has 1 aromatic carbocycles. The van der Waals surface area contributed by atoms with Crippen molar-refractivity contribution < 1.29 is 18.7 Å². The lowest BCUT2D eigenvalue weighted by molar-refractivity contribution is 0.0662. The molecule has 7 heteroatoms. The maximum atomic E-state index is 12.5. The van der Waals surface area contributed by atoms with Gasteiger partial charge in [-0.25, -0.2) is 0 Å². The average molecular weight is 379 g/mol. The van der Waals surface area contributed by atoms with Gasteiger partial charge in [0.25, 0.3) is 5.91 Å². The Labute approximate surface area is 158 Å². The van der Waals surface area contributed by atoms with Gasteiger partial charge in [-0.05, 0) is 31.0 Å². The van der Waals surface area contributed by atoms with Gasteiger partial charge in [-0.1, -0.05) is 11.6 Å². The van der Waals surface area contributed by atoms with E-state index in [1.165, 1.54) is 6.26 Å². The first kappa shape index (κ1) is 18.6. The summed E-state index contributed by atoms with van der Waals surface area (Å²) in [4.78, 5) is 14.3. The maximum absolute atomic E-state index is 12.5. The molecule has 2 aromatic rings. The predicted octanol–water partition coefficient (Wildman–Crippen LogP) is 3.34. The van der Waals surface area contributed by atoms with Gasteiger partial charge in [0.2, 0.25) is 0 Å². The van der Waals surface area contributed by atoms with Gasteiger partial charge in [-0.2, -0.15) is 0 Å². The zero-order valence-electron chi connectivity index (χ0n) is 15.0. The van der Waals surface area contributed by atoms with Crippen molar-refractivity contribution >= 4 is 17.5 Å². The molecule has 0 saturated carbocycles. The lowest BCUT2D eigenvalue weighted by Crippen LogP contribution is -2.47. The van der Waals surface area contributed by atoms with E-state index in [4.69, 9.17) is 25.5 Å². The van der Waals surface area contributed by atoms with E-state index in [0.29, 0.717) is 35.4 Å². The van der Waals surface area contributed by atoms with Gasteiger partial charge >= 0.3 is 0 Å². The van der Waals surface area contributed by atoms with Crippen LogP contribution in [0.25, 0.3) is 0 Å². The van der Waals surface area contributed by atoms with Crippen LogP contribution in [0.2, 0.25) is 5.02 Å². The summed E-state index contributed by atoms with van der Waals surface area (Å²) < 4.78 is 16.0.